The van der Waals surface area contributed by atoms with Crippen molar-refractivity contribution in [3.8, 4) is 6.07 Å². The highest BCUT2D eigenvalue weighted by molar-refractivity contribution is 7.10. The molecule has 0 aliphatic carbocycles. The van der Waals surface area contributed by atoms with Gasteiger partial charge < -0.3 is 5.73 Å². The second-order valence-electron chi connectivity index (χ2n) is 3.14. The molecule has 0 bridgehead atoms. The Labute approximate surface area is 83.0 Å². The second kappa shape index (κ2) is 4.40. The Balaban J connectivity index is 2.85. The predicted octanol–water partition coefficient (Wildman–Crippen LogP) is 2.61. The Bertz CT molecular complexity index is 311. The average Bonchev–Trinajstić information content (AvgIpc) is 2.53. The molecular formula is C10H14N2S. The molecule has 13 heavy (non-hydrogen) atoms. The molecule has 1 aromatic rings. The normalized spacial score (nSPS) is 14.9. The summed E-state index contributed by atoms with van der Waals surface area (Å²) in [5.74, 6) is -0.0580. The number of thiophene rings is 1. The van der Waals surface area contributed by atoms with Crippen molar-refractivity contribution in [2.45, 2.75) is 26.3 Å². The maximum atomic E-state index is 8.86. The number of hydrogen-bond donors (Lipinski definition) is 1. The van der Waals surface area contributed by atoms with Crippen molar-refractivity contribution in [3.05, 3.63) is 21.9 Å². The molecule has 70 valence electrons. The van der Waals surface area contributed by atoms with E-state index in [2.05, 4.69) is 6.07 Å². The maximum Gasteiger partial charge on any atom is 0.0675 e. The molecule has 1 rings (SSSR count). The minimum atomic E-state index is -0.116. The van der Waals surface area contributed by atoms with Crippen molar-refractivity contribution in [1.82, 2.24) is 0 Å². The highest BCUT2D eigenvalue weighted by Gasteiger charge is 2.19. The van der Waals surface area contributed by atoms with Crippen LogP contribution in [-0.4, -0.2) is 0 Å². The van der Waals surface area contributed by atoms with Gasteiger partial charge in [0, 0.05) is 4.88 Å². The molecule has 2 N–H and O–H groups in total. The summed E-state index contributed by atoms with van der Waals surface area (Å²) in [6.07, 6.45) is 0.814. The van der Waals surface area contributed by atoms with E-state index in [1.54, 1.807) is 11.3 Å². The molecule has 0 saturated heterocycles. The fourth-order valence-corrected chi connectivity index (χ4v) is 2.33. The van der Waals surface area contributed by atoms with Crippen molar-refractivity contribution in [3.63, 3.8) is 0 Å². The SMILES string of the molecule is CCC(C#N)C(N)c1sccc1C. The quantitative estimate of drug-likeness (QED) is 0.804. The Hall–Kier alpha value is -0.850. The molecule has 3 heteroatoms. The molecule has 0 saturated carbocycles. The van der Waals surface area contributed by atoms with Gasteiger partial charge in [0.1, 0.15) is 0 Å². The van der Waals surface area contributed by atoms with E-state index in [9.17, 15) is 0 Å². The smallest absolute Gasteiger partial charge is 0.0675 e. The van der Waals surface area contributed by atoms with E-state index in [0.29, 0.717) is 0 Å². The number of hydrogen-bond acceptors (Lipinski definition) is 3. The molecule has 1 heterocycles. The van der Waals surface area contributed by atoms with Gasteiger partial charge in [0.25, 0.3) is 0 Å². The van der Waals surface area contributed by atoms with Crippen LogP contribution >= 0.6 is 11.3 Å². The van der Waals surface area contributed by atoms with Crippen molar-refractivity contribution < 1.29 is 0 Å². The molecular weight excluding hydrogens is 180 g/mol. The van der Waals surface area contributed by atoms with Crippen LogP contribution in [0.3, 0.4) is 0 Å². The zero-order chi connectivity index (χ0) is 9.84. The number of nitrogens with zero attached hydrogens (tertiary/aromatic N) is 1. The highest BCUT2D eigenvalue weighted by atomic mass is 32.1. The number of aryl methyl sites for hydroxylation is 1. The zero-order valence-electron chi connectivity index (χ0n) is 7.95. The number of rotatable bonds is 3. The van der Waals surface area contributed by atoms with Crippen LogP contribution in [0.25, 0.3) is 0 Å². The summed E-state index contributed by atoms with van der Waals surface area (Å²) in [5.41, 5.74) is 7.19. The van der Waals surface area contributed by atoms with Crippen LogP contribution in [0, 0.1) is 24.2 Å². The molecule has 2 unspecified atom stereocenters. The summed E-state index contributed by atoms with van der Waals surface area (Å²) in [6, 6.07) is 4.18. The third-order valence-electron chi connectivity index (χ3n) is 2.24. The Morgan fingerprint density at radius 3 is 2.77 bits per heavy atom. The molecule has 0 aliphatic heterocycles. The van der Waals surface area contributed by atoms with Gasteiger partial charge in [0.2, 0.25) is 0 Å². The zero-order valence-corrected chi connectivity index (χ0v) is 8.77. The number of nitrogens with two attached hydrogens (primary N) is 1. The molecule has 0 aliphatic rings. The molecule has 0 fully saturated rings. The third-order valence-corrected chi connectivity index (χ3v) is 3.36. The second-order valence-corrected chi connectivity index (χ2v) is 4.09. The summed E-state index contributed by atoms with van der Waals surface area (Å²) >= 11 is 1.64. The van der Waals surface area contributed by atoms with Crippen LogP contribution in [0.1, 0.15) is 29.8 Å². The topological polar surface area (TPSA) is 49.8 Å². The molecule has 0 radical (unpaired) electrons. The third kappa shape index (κ3) is 2.09. The molecule has 1 aromatic heterocycles. The molecule has 0 spiro atoms. The summed E-state index contributed by atoms with van der Waals surface area (Å²) < 4.78 is 0. The van der Waals surface area contributed by atoms with Gasteiger partial charge in [0.15, 0.2) is 0 Å². The predicted molar refractivity (Wildman–Crippen MR) is 55.4 cm³/mol. The van der Waals surface area contributed by atoms with Crippen molar-refractivity contribution >= 4 is 11.3 Å². The van der Waals surface area contributed by atoms with Crippen LogP contribution in [0.15, 0.2) is 11.4 Å². The molecule has 0 amide bonds. The average molecular weight is 194 g/mol. The van der Waals surface area contributed by atoms with Crippen molar-refractivity contribution in [2.24, 2.45) is 11.7 Å². The van der Waals surface area contributed by atoms with Crippen molar-refractivity contribution in [2.75, 3.05) is 0 Å². The van der Waals surface area contributed by atoms with Gasteiger partial charge in [0.05, 0.1) is 18.0 Å². The lowest BCUT2D eigenvalue weighted by molar-refractivity contribution is 0.523. The summed E-state index contributed by atoms with van der Waals surface area (Å²) in [5, 5.41) is 10.9. The fourth-order valence-electron chi connectivity index (χ4n) is 1.33. The van der Waals surface area contributed by atoms with Crippen LogP contribution in [-0.2, 0) is 0 Å². The van der Waals surface area contributed by atoms with E-state index in [4.69, 9.17) is 11.0 Å². The first kappa shape index (κ1) is 10.2. The van der Waals surface area contributed by atoms with E-state index >= 15 is 0 Å². The van der Waals surface area contributed by atoms with Crippen LogP contribution in [0.4, 0.5) is 0 Å². The van der Waals surface area contributed by atoms with Crippen LogP contribution in [0.2, 0.25) is 0 Å². The molecule has 0 aromatic carbocycles. The van der Waals surface area contributed by atoms with Gasteiger partial charge in [-0.15, -0.1) is 11.3 Å². The van der Waals surface area contributed by atoms with E-state index in [1.807, 2.05) is 25.3 Å². The Morgan fingerprint density at radius 1 is 1.69 bits per heavy atom. The van der Waals surface area contributed by atoms with E-state index in [1.165, 1.54) is 5.56 Å². The van der Waals surface area contributed by atoms with Crippen LogP contribution < -0.4 is 5.73 Å². The lowest BCUT2D eigenvalue weighted by Crippen LogP contribution is -2.19. The standard InChI is InChI=1S/C10H14N2S/c1-3-8(6-11)9(12)10-7(2)4-5-13-10/h4-5,8-9H,3,12H2,1-2H3. The summed E-state index contributed by atoms with van der Waals surface area (Å²) in [4.78, 5) is 1.15. The van der Waals surface area contributed by atoms with Gasteiger partial charge in [-0.25, -0.2) is 0 Å². The van der Waals surface area contributed by atoms with Crippen molar-refractivity contribution in [1.29, 1.82) is 5.26 Å². The molecule has 2 nitrogen and oxygen atoms in total. The maximum absolute atomic E-state index is 8.86. The first-order chi connectivity index (χ1) is 6.20. The Kier molecular flexibility index (Phi) is 3.47. The minimum Gasteiger partial charge on any atom is -0.322 e. The van der Waals surface area contributed by atoms with Gasteiger partial charge in [-0.05, 0) is 30.4 Å². The van der Waals surface area contributed by atoms with Gasteiger partial charge in [-0.1, -0.05) is 6.92 Å². The van der Waals surface area contributed by atoms with Gasteiger partial charge in [-0.3, -0.25) is 0 Å². The van der Waals surface area contributed by atoms with E-state index in [-0.39, 0.29) is 12.0 Å². The van der Waals surface area contributed by atoms with Gasteiger partial charge >= 0.3 is 0 Å². The largest absolute Gasteiger partial charge is 0.322 e. The van der Waals surface area contributed by atoms with E-state index in [0.717, 1.165) is 11.3 Å². The number of nitriles is 1. The lowest BCUT2D eigenvalue weighted by Gasteiger charge is -2.15. The van der Waals surface area contributed by atoms with Crippen LogP contribution in [0.5, 0.6) is 0 Å². The fraction of sp³-hybridized carbons (Fsp3) is 0.500. The highest BCUT2D eigenvalue weighted by Crippen LogP contribution is 2.28. The lowest BCUT2D eigenvalue weighted by atomic mass is 9.96. The first-order valence-corrected chi connectivity index (χ1v) is 5.27. The monoisotopic (exact) mass is 194 g/mol. The summed E-state index contributed by atoms with van der Waals surface area (Å²) in [7, 11) is 0. The minimum absolute atomic E-state index is 0.0580. The van der Waals surface area contributed by atoms with E-state index < -0.39 is 0 Å². The Morgan fingerprint density at radius 2 is 2.38 bits per heavy atom. The van der Waals surface area contributed by atoms with Gasteiger partial charge in [-0.2, -0.15) is 5.26 Å². The summed E-state index contributed by atoms with van der Waals surface area (Å²) in [6.45, 7) is 4.03. The first-order valence-electron chi connectivity index (χ1n) is 4.39. The molecule has 2 atom stereocenters.